The summed E-state index contributed by atoms with van der Waals surface area (Å²) in [6.45, 7) is -0.529. The van der Waals surface area contributed by atoms with Crippen LogP contribution in [0.2, 0.25) is 0 Å². The Morgan fingerprint density at radius 1 is 0.966 bits per heavy atom. The van der Waals surface area contributed by atoms with Crippen LogP contribution in [0.4, 0.5) is 18.9 Å². The normalized spacial score (nSPS) is 15.2. The van der Waals surface area contributed by atoms with E-state index in [4.69, 9.17) is 9.47 Å². The number of halogens is 3. The Morgan fingerprint density at radius 3 is 2.28 bits per heavy atom. The molecule has 29 heavy (non-hydrogen) atoms. The van der Waals surface area contributed by atoms with Gasteiger partial charge in [-0.2, -0.15) is 13.2 Å². The second-order valence-corrected chi connectivity index (χ2v) is 6.22. The summed E-state index contributed by atoms with van der Waals surface area (Å²) in [5.74, 6) is -1.69. The Morgan fingerprint density at radius 2 is 1.62 bits per heavy atom. The lowest BCUT2D eigenvalue weighted by atomic mass is 9.93. The topological polar surface area (TPSA) is 96.9 Å². The van der Waals surface area contributed by atoms with Gasteiger partial charge in [-0.15, -0.1) is 0 Å². The molecule has 0 bridgehead atoms. The molecule has 7 nitrogen and oxygen atoms in total. The highest BCUT2D eigenvalue weighted by atomic mass is 19.4. The molecule has 3 N–H and O–H groups in total. The van der Waals surface area contributed by atoms with Crippen molar-refractivity contribution in [3.63, 3.8) is 0 Å². The van der Waals surface area contributed by atoms with E-state index >= 15 is 0 Å². The third kappa shape index (κ3) is 4.43. The zero-order chi connectivity index (χ0) is 21.1. The number of alkyl halides is 3. The van der Waals surface area contributed by atoms with Crippen LogP contribution in [0.5, 0.6) is 11.5 Å². The van der Waals surface area contributed by atoms with Crippen LogP contribution in [0.1, 0.15) is 5.56 Å². The summed E-state index contributed by atoms with van der Waals surface area (Å²) in [4.78, 5) is 24.0. The first kappa shape index (κ1) is 20.5. The van der Waals surface area contributed by atoms with Crippen LogP contribution in [-0.2, 0) is 15.2 Å². The van der Waals surface area contributed by atoms with Gasteiger partial charge in [0, 0.05) is 11.8 Å². The first-order chi connectivity index (χ1) is 13.7. The highest BCUT2D eigenvalue weighted by Crippen LogP contribution is 2.38. The largest absolute Gasteiger partial charge is 0.486 e. The molecule has 1 atom stereocenters. The molecular formula is C19H17F3N2O5. The molecule has 0 saturated heterocycles. The summed E-state index contributed by atoms with van der Waals surface area (Å²) in [7, 11) is 0. The fourth-order valence-electron chi connectivity index (χ4n) is 2.68. The van der Waals surface area contributed by atoms with E-state index in [-0.39, 0.29) is 5.69 Å². The van der Waals surface area contributed by atoms with Crippen molar-refractivity contribution >= 4 is 17.5 Å². The van der Waals surface area contributed by atoms with E-state index in [0.717, 1.165) is 12.1 Å². The van der Waals surface area contributed by atoms with Crippen LogP contribution in [0.15, 0.2) is 48.5 Å². The molecule has 1 unspecified atom stereocenters. The number of anilines is 1. The minimum atomic E-state index is -5.08. The monoisotopic (exact) mass is 410 g/mol. The molecule has 10 heteroatoms. The number of hydrogen-bond donors (Lipinski definition) is 3. The lowest BCUT2D eigenvalue weighted by molar-refractivity contribution is -0.264. The number of fused-ring (bicyclic) bond motifs is 1. The molecule has 1 aliphatic heterocycles. The lowest BCUT2D eigenvalue weighted by Gasteiger charge is -2.31. The van der Waals surface area contributed by atoms with Gasteiger partial charge in [0.1, 0.15) is 13.2 Å². The van der Waals surface area contributed by atoms with Crippen molar-refractivity contribution in [3.05, 3.63) is 54.1 Å². The highest BCUT2D eigenvalue weighted by Gasteiger charge is 2.55. The number of amides is 2. The molecule has 2 aromatic rings. The van der Waals surface area contributed by atoms with Crippen LogP contribution in [0.3, 0.4) is 0 Å². The Kier molecular flexibility index (Phi) is 5.64. The Balaban J connectivity index is 1.66. The third-order valence-electron chi connectivity index (χ3n) is 4.23. The molecule has 0 aliphatic carbocycles. The molecule has 154 valence electrons. The van der Waals surface area contributed by atoms with E-state index in [2.05, 4.69) is 5.32 Å². The molecule has 0 aromatic heterocycles. The number of rotatable bonds is 4. The maximum Gasteiger partial charge on any atom is 0.423 e. The Bertz CT molecular complexity index is 904. The Hall–Kier alpha value is -3.27. The van der Waals surface area contributed by atoms with Gasteiger partial charge in [-0.1, -0.05) is 30.3 Å². The van der Waals surface area contributed by atoms with E-state index in [1.165, 1.54) is 36.4 Å². The number of nitrogens with one attached hydrogen (secondary N) is 2. The smallest absolute Gasteiger partial charge is 0.423 e. The first-order valence-corrected chi connectivity index (χ1v) is 8.54. The predicted octanol–water partition coefficient (Wildman–Crippen LogP) is 1.96. The standard InChI is InChI=1S/C19H17F3N2O5/c20-19(21,22)18(27,12-4-2-1-3-5-12)11-23-16(25)17(26)24-13-6-7-14-15(10-13)29-9-8-28-14/h1-7,10,27H,8-9,11H2,(H,23,25)(H,24,26). The van der Waals surface area contributed by atoms with Gasteiger partial charge < -0.3 is 25.2 Å². The summed E-state index contributed by atoms with van der Waals surface area (Å²) >= 11 is 0. The molecule has 0 spiro atoms. The number of benzene rings is 2. The molecule has 3 rings (SSSR count). The average molecular weight is 410 g/mol. The van der Waals surface area contributed by atoms with Crippen molar-refractivity contribution in [1.29, 1.82) is 0 Å². The van der Waals surface area contributed by atoms with Crippen molar-refractivity contribution in [2.24, 2.45) is 0 Å². The lowest BCUT2D eigenvalue weighted by Crippen LogP contribution is -2.52. The van der Waals surface area contributed by atoms with E-state index < -0.39 is 35.7 Å². The summed E-state index contributed by atoms with van der Waals surface area (Å²) in [6.07, 6.45) is -5.08. The van der Waals surface area contributed by atoms with E-state index in [1.54, 1.807) is 0 Å². The van der Waals surface area contributed by atoms with Gasteiger partial charge in [0.05, 0.1) is 6.54 Å². The van der Waals surface area contributed by atoms with Crippen molar-refractivity contribution in [2.45, 2.75) is 11.8 Å². The van der Waals surface area contributed by atoms with E-state index in [1.807, 2.05) is 5.32 Å². The van der Waals surface area contributed by atoms with Gasteiger partial charge in [0.25, 0.3) is 0 Å². The summed E-state index contributed by atoms with van der Waals surface area (Å²) in [5, 5.41) is 14.3. The second kappa shape index (κ2) is 8.00. The molecule has 0 saturated carbocycles. The summed E-state index contributed by atoms with van der Waals surface area (Å²) in [6, 6.07) is 10.7. The zero-order valence-corrected chi connectivity index (χ0v) is 15.0. The minimum Gasteiger partial charge on any atom is -0.486 e. The summed E-state index contributed by atoms with van der Waals surface area (Å²) < 4.78 is 50.9. The van der Waals surface area contributed by atoms with Crippen LogP contribution in [-0.4, -0.2) is 42.9 Å². The molecular weight excluding hydrogens is 393 g/mol. The number of carbonyl (C=O) groups is 2. The number of hydrogen-bond acceptors (Lipinski definition) is 5. The number of carbonyl (C=O) groups excluding carboxylic acids is 2. The van der Waals surface area contributed by atoms with Gasteiger partial charge in [-0.05, 0) is 17.7 Å². The van der Waals surface area contributed by atoms with Crippen molar-refractivity contribution in [3.8, 4) is 11.5 Å². The molecule has 0 fully saturated rings. The fourth-order valence-corrected chi connectivity index (χ4v) is 2.68. The third-order valence-corrected chi connectivity index (χ3v) is 4.23. The van der Waals surface area contributed by atoms with Gasteiger partial charge in [-0.3, -0.25) is 9.59 Å². The molecule has 0 radical (unpaired) electrons. The predicted molar refractivity (Wildman–Crippen MR) is 95.5 cm³/mol. The zero-order valence-electron chi connectivity index (χ0n) is 15.0. The van der Waals surface area contributed by atoms with Gasteiger partial charge >= 0.3 is 18.0 Å². The Labute approximate surface area is 163 Å². The maximum atomic E-state index is 13.4. The quantitative estimate of drug-likeness (QED) is 0.670. The van der Waals surface area contributed by atoms with Gasteiger partial charge in [-0.25, -0.2) is 0 Å². The van der Waals surface area contributed by atoms with Crippen LogP contribution >= 0.6 is 0 Å². The van der Waals surface area contributed by atoms with Crippen molar-refractivity contribution < 1.29 is 37.3 Å². The SMILES string of the molecule is O=C(NCC(O)(c1ccccc1)C(F)(F)F)C(=O)Nc1ccc2c(c1)OCCO2. The highest BCUT2D eigenvalue weighted by molar-refractivity contribution is 6.39. The molecule has 2 amide bonds. The number of aliphatic hydroxyl groups is 1. The molecule has 1 heterocycles. The van der Waals surface area contributed by atoms with Crippen molar-refractivity contribution in [2.75, 3.05) is 25.1 Å². The van der Waals surface area contributed by atoms with Crippen LogP contribution in [0.25, 0.3) is 0 Å². The molecule has 1 aliphatic rings. The summed E-state index contributed by atoms with van der Waals surface area (Å²) in [5.41, 5.74) is -3.61. The fraction of sp³-hybridized carbons (Fsp3) is 0.263. The number of ether oxygens (including phenoxy) is 2. The van der Waals surface area contributed by atoms with Gasteiger partial charge in [0.2, 0.25) is 5.60 Å². The van der Waals surface area contributed by atoms with Gasteiger partial charge in [0.15, 0.2) is 11.5 Å². The van der Waals surface area contributed by atoms with Crippen LogP contribution in [0, 0.1) is 0 Å². The van der Waals surface area contributed by atoms with E-state index in [9.17, 15) is 27.9 Å². The molecule has 2 aromatic carbocycles. The minimum absolute atomic E-state index is 0.198. The first-order valence-electron chi connectivity index (χ1n) is 8.54. The maximum absolute atomic E-state index is 13.4. The second-order valence-electron chi connectivity index (χ2n) is 6.22. The average Bonchev–Trinajstić information content (AvgIpc) is 2.71. The van der Waals surface area contributed by atoms with E-state index in [0.29, 0.717) is 24.7 Å². The van der Waals surface area contributed by atoms with Crippen LogP contribution < -0.4 is 20.1 Å². The van der Waals surface area contributed by atoms with Crippen molar-refractivity contribution in [1.82, 2.24) is 5.32 Å².